The molecule has 5 aliphatic heterocycles. The van der Waals surface area contributed by atoms with Crippen molar-refractivity contribution in [2.24, 2.45) is 23.2 Å². The number of carbonyl (C=O) groups is 1. The topological polar surface area (TPSA) is 172 Å². The van der Waals surface area contributed by atoms with Crippen LogP contribution in [-0.2, 0) is 38.0 Å². The Hall–Kier alpha value is -1.19. The van der Waals surface area contributed by atoms with Gasteiger partial charge in [-0.1, -0.05) is 20.8 Å². The number of aliphatic hydroxyl groups excluding tert-OH is 4. The van der Waals surface area contributed by atoms with Crippen LogP contribution in [0, 0.1) is 23.2 Å². The number of rotatable bonds is 7. The van der Waals surface area contributed by atoms with Crippen molar-refractivity contribution in [3.05, 3.63) is 11.1 Å². The Morgan fingerprint density at radius 1 is 1.02 bits per heavy atom. The van der Waals surface area contributed by atoms with E-state index in [-0.39, 0.29) is 59.7 Å². The van der Waals surface area contributed by atoms with E-state index in [1.165, 1.54) is 0 Å². The summed E-state index contributed by atoms with van der Waals surface area (Å²) in [5, 5.41) is 40.2. The number of ether oxygens (including phenoxy) is 7. The van der Waals surface area contributed by atoms with Crippen molar-refractivity contribution in [1.82, 2.24) is 0 Å². The lowest BCUT2D eigenvalue weighted by Gasteiger charge is -2.54. The first-order valence-electron chi connectivity index (χ1n) is 16.5. The van der Waals surface area contributed by atoms with Crippen LogP contribution >= 0.6 is 0 Å². The predicted molar refractivity (Wildman–Crippen MR) is 147 cm³/mol. The molecule has 4 saturated heterocycles. The van der Waals surface area contributed by atoms with Crippen molar-refractivity contribution in [2.45, 2.75) is 137 Å². The second-order valence-electron chi connectivity index (χ2n) is 15.4. The summed E-state index contributed by atoms with van der Waals surface area (Å²) < 4.78 is 44.4. The fraction of sp³-hybridized carbons (Fsp3) is 0.906. The van der Waals surface area contributed by atoms with Crippen molar-refractivity contribution in [3.8, 4) is 0 Å². The molecule has 16 unspecified atom stereocenters. The van der Waals surface area contributed by atoms with Crippen LogP contribution in [0.25, 0.3) is 0 Å². The average Bonchev–Trinajstić information content (AvgIpc) is 3.94. The maximum atomic E-state index is 12.5. The molecule has 4 N–H and O–H groups in total. The van der Waals surface area contributed by atoms with Gasteiger partial charge in [0.15, 0.2) is 11.9 Å². The molecule has 2 spiro atoms. The van der Waals surface area contributed by atoms with Crippen LogP contribution in [0.1, 0.15) is 59.3 Å². The molecule has 12 nitrogen and oxygen atoms in total. The Kier molecular flexibility index (Phi) is 6.09. The van der Waals surface area contributed by atoms with E-state index in [9.17, 15) is 25.2 Å². The van der Waals surface area contributed by atoms with Gasteiger partial charge >= 0.3 is 5.97 Å². The summed E-state index contributed by atoms with van der Waals surface area (Å²) in [5.74, 6) is 0.409. The fourth-order valence-corrected chi connectivity index (χ4v) is 10.8. The van der Waals surface area contributed by atoms with E-state index >= 15 is 0 Å². The van der Waals surface area contributed by atoms with Gasteiger partial charge in [-0.3, -0.25) is 0 Å². The second-order valence-corrected chi connectivity index (χ2v) is 15.4. The van der Waals surface area contributed by atoms with Gasteiger partial charge in [0.2, 0.25) is 0 Å². The Morgan fingerprint density at radius 2 is 1.84 bits per heavy atom. The summed E-state index contributed by atoms with van der Waals surface area (Å²) >= 11 is 0. The fourth-order valence-electron chi connectivity index (χ4n) is 10.8. The second kappa shape index (κ2) is 9.24. The Bertz CT molecular complexity index is 1290. The highest BCUT2D eigenvalue weighted by molar-refractivity contribution is 5.92. The van der Waals surface area contributed by atoms with Crippen LogP contribution < -0.4 is 0 Å². The molecular formula is C32H44O12. The minimum atomic E-state index is -1.46. The normalized spacial score (nSPS) is 58.0. The number of epoxide rings is 3. The number of esters is 1. The van der Waals surface area contributed by atoms with Crippen LogP contribution in [0.5, 0.6) is 0 Å². The summed E-state index contributed by atoms with van der Waals surface area (Å²) in [5.41, 5.74) is 0.200. The van der Waals surface area contributed by atoms with Crippen molar-refractivity contribution in [3.63, 3.8) is 0 Å². The van der Waals surface area contributed by atoms with E-state index in [1.54, 1.807) is 0 Å². The molecule has 0 aromatic heterocycles. The highest BCUT2D eigenvalue weighted by Gasteiger charge is 3.00. The molecule has 16 atom stereocenters. The molecule has 9 rings (SSSR count). The summed E-state index contributed by atoms with van der Waals surface area (Å²) in [6.07, 6.45) is -2.43. The molecule has 0 aromatic carbocycles. The van der Waals surface area contributed by atoms with Crippen LogP contribution in [0.3, 0.4) is 0 Å². The molecule has 244 valence electrons. The highest BCUT2D eigenvalue weighted by atomic mass is 16.8. The van der Waals surface area contributed by atoms with Crippen molar-refractivity contribution in [1.29, 1.82) is 0 Å². The van der Waals surface area contributed by atoms with Gasteiger partial charge in [-0.2, -0.15) is 0 Å². The van der Waals surface area contributed by atoms with Gasteiger partial charge in [0, 0.05) is 11.0 Å². The molecule has 0 radical (unpaired) electrons. The SMILES string of the molecule is CC(C)C12OC1C1OC13C1(C)CCC4=C(COC4=O)C1CC1OC13C2OCC1CCC(OC2OC(CO)C(O)C(O)C2O)C1. The van der Waals surface area contributed by atoms with Gasteiger partial charge in [0.1, 0.15) is 60.5 Å². The first-order chi connectivity index (χ1) is 21.0. The van der Waals surface area contributed by atoms with Crippen LogP contribution in [0.4, 0.5) is 0 Å². The number of fused-ring (bicyclic) bond motifs is 4. The van der Waals surface area contributed by atoms with E-state index in [4.69, 9.17) is 33.2 Å². The third-order valence-electron chi connectivity index (χ3n) is 13.2. The molecule has 0 aromatic rings. The van der Waals surface area contributed by atoms with E-state index in [0.29, 0.717) is 26.1 Å². The minimum absolute atomic E-state index is 0.0373. The van der Waals surface area contributed by atoms with Crippen LogP contribution in [0.15, 0.2) is 11.1 Å². The predicted octanol–water partition coefficient (Wildman–Crippen LogP) is 0.113. The van der Waals surface area contributed by atoms with E-state index in [2.05, 4.69) is 20.8 Å². The number of aliphatic hydroxyl groups is 4. The third-order valence-corrected chi connectivity index (χ3v) is 13.2. The van der Waals surface area contributed by atoms with Crippen molar-refractivity contribution < 1.29 is 58.4 Å². The zero-order valence-corrected chi connectivity index (χ0v) is 25.4. The maximum Gasteiger partial charge on any atom is 0.334 e. The molecule has 3 saturated carbocycles. The molecular weight excluding hydrogens is 576 g/mol. The first-order valence-corrected chi connectivity index (χ1v) is 16.5. The molecule has 5 heterocycles. The monoisotopic (exact) mass is 620 g/mol. The Balaban J connectivity index is 0.934. The van der Waals surface area contributed by atoms with Crippen LogP contribution in [0.2, 0.25) is 0 Å². The van der Waals surface area contributed by atoms with Gasteiger partial charge in [0.05, 0.1) is 25.4 Å². The summed E-state index contributed by atoms with van der Waals surface area (Å²) in [6.45, 7) is 7.08. The van der Waals surface area contributed by atoms with Gasteiger partial charge < -0.3 is 53.6 Å². The summed E-state index contributed by atoms with van der Waals surface area (Å²) in [6, 6.07) is 0. The quantitative estimate of drug-likeness (QED) is 0.224. The number of carbonyl (C=O) groups excluding carboxylic acids is 1. The molecule has 0 bridgehead atoms. The third kappa shape index (κ3) is 3.36. The molecule has 12 heteroatoms. The zero-order valence-electron chi connectivity index (χ0n) is 25.4. The number of hydrogen-bond donors (Lipinski definition) is 4. The van der Waals surface area contributed by atoms with Gasteiger partial charge in [-0.15, -0.1) is 0 Å². The van der Waals surface area contributed by atoms with Crippen molar-refractivity contribution in [2.75, 3.05) is 19.8 Å². The van der Waals surface area contributed by atoms with Gasteiger partial charge in [0.25, 0.3) is 0 Å². The number of hydrogen-bond acceptors (Lipinski definition) is 12. The van der Waals surface area contributed by atoms with Gasteiger partial charge in [-0.05, 0) is 61.9 Å². The van der Waals surface area contributed by atoms with E-state index in [0.717, 1.165) is 36.8 Å². The maximum absolute atomic E-state index is 12.5. The standard InChI is InChI=1S/C32H44O12/c1-13(2)30-24(43-30)25-32(44-25)29(3)7-6-16-17(12-38-26(16)37)18(29)9-20-31(32,42-20)28(30)39-11-14-4-5-15(8-14)40-27-23(36)22(35)21(34)19(10-33)41-27/h13-15,18-25,27-28,33-36H,4-12H2,1-3H3. The minimum Gasteiger partial charge on any atom is -0.458 e. The van der Waals surface area contributed by atoms with Gasteiger partial charge in [-0.25, -0.2) is 4.79 Å². The largest absolute Gasteiger partial charge is 0.458 e. The Morgan fingerprint density at radius 3 is 2.61 bits per heavy atom. The molecule has 44 heavy (non-hydrogen) atoms. The zero-order chi connectivity index (χ0) is 30.6. The highest BCUT2D eigenvalue weighted by Crippen LogP contribution is 2.83. The smallest absolute Gasteiger partial charge is 0.334 e. The number of cyclic esters (lactones) is 1. The molecule has 9 aliphatic rings. The lowest BCUT2D eigenvalue weighted by Crippen LogP contribution is -2.69. The lowest BCUT2D eigenvalue weighted by atomic mass is 9.46. The average molecular weight is 621 g/mol. The van der Waals surface area contributed by atoms with E-state index in [1.807, 2.05) is 0 Å². The Labute approximate surface area is 255 Å². The lowest BCUT2D eigenvalue weighted by molar-refractivity contribution is -0.310. The first kappa shape index (κ1) is 29.0. The summed E-state index contributed by atoms with van der Waals surface area (Å²) in [4.78, 5) is 12.5. The van der Waals surface area contributed by atoms with E-state index < -0.39 is 54.1 Å². The molecule has 7 fully saturated rings. The molecule has 0 amide bonds. The van der Waals surface area contributed by atoms with Crippen molar-refractivity contribution >= 4 is 5.97 Å². The van der Waals surface area contributed by atoms with Crippen LogP contribution in [-0.4, -0.2) is 124 Å². The molecule has 4 aliphatic carbocycles. The summed E-state index contributed by atoms with van der Waals surface area (Å²) in [7, 11) is 0.